The van der Waals surface area contributed by atoms with Crippen LogP contribution in [-0.2, 0) is 5.41 Å². The van der Waals surface area contributed by atoms with Gasteiger partial charge in [0.15, 0.2) is 5.82 Å². The van der Waals surface area contributed by atoms with Gasteiger partial charge in [-0.3, -0.25) is 5.43 Å². The van der Waals surface area contributed by atoms with Gasteiger partial charge in [0, 0.05) is 36.7 Å². The highest BCUT2D eigenvalue weighted by Gasteiger charge is 2.19. The number of likely N-dealkylation sites (N-methyl/N-ethyl adjacent to an activating group) is 1. The summed E-state index contributed by atoms with van der Waals surface area (Å²) in [6.45, 7) is 11.0. The third-order valence-corrected chi connectivity index (χ3v) is 6.68. The number of hydrazone groups is 1. The molecule has 29 heavy (non-hydrogen) atoms. The molecule has 0 aliphatic carbocycles. The third kappa shape index (κ3) is 4.57. The van der Waals surface area contributed by atoms with Crippen LogP contribution in [0.25, 0.3) is 10.2 Å². The predicted molar refractivity (Wildman–Crippen MR) is 123 cm³/mol. The van der Waals surface area contributed by atoms with Crippen molar-refractivity contribution in [2.75, 3.05) is 43.6 Å². The second-order valence-electron chi connectivity index (χ2n) is 8.55. The molecule has 7 heteroatoms. The van der Waals surface area contributed by atoms with Crippen LogP contribution in [0.15, 0.2) is 41.8 Å². The molecule has 6 nitrogen and oxygen atoms in total. The maximum absolute atomic E-state index is 4.41. The van der Waals surface area contributed by atoms with Crippen LogP contribution >= 0.6 is 11.3 Å². The van der Waals surface area contributed by atoms with Crippen molar-refractivity contribution in [1.29, 1.82) is 0 Å². The first kappa shape index (κ1) is 19.8. The Bertz CT molecular complexity index is 994. The largest absolute Gasteiger partial charge is 0.369 e. The van der Waals surface area contributed by atoms with E-state index in [1.807, 2.05) is 6.21 Å². The van der Waals surface area contributed by atoms with Crippen LogP contribution in [0.1, 0.15) is 31.2 Å². The molecule has 0 radical (unpaired) electrons. The van der Waals surface area contributed by atoms with E-state index in [9.17, 15) is 0 Å². The average molecular weight is 409 g/mol. The summed E-state index contributed by atoms with van der Waals surface area (Å²) in [6, 6.07) is 10.7. The Morgan fingerprint density at radius 2 is 1.79 bits per heavy atom. The van der Waals surface area contributed by atoms with E-state index >= 15 is 0 Å². The summed E-state index contributed by atoms with van der Waals surface area (Å²) in [6.07, 6.45) is 3.42. The molecule has 0 saturated carbocycles. The minimum absolute atomic E-state index is 0.0947. The van der Waals surface area contributed by atoms with E-state index in [1.54, 1.807) is 17.7 Å². The van der Waals surface area contributed by atoms with Crippen LogP contribution < -0.4 is 10.3 Å². The van der Waals surface area contributed by atoms with E-state index in [0.29, 0.717) is 0 Å². The minimum atomic E-state index is 0.0947. The van der Waals surface area contributed by atoms with Crippen molar-refractivity contribution in [1.82, 2.24) is 14.9 Å². The quantitative estimate of drug-likeness (QED) is 0.518. The summed E-state index contributed by atoms with van der Waals surface area (Å²) >= 11 is 1.71. The first-order valence-corrected chi connectivity index (χ1v) is 10.8. The van der Waals surface area contributed by atoms with E-state index < -0.39 is 0 Å². The highest BCUT2D eigenvalue weighted by atomic mass is 32.1. The minimum Gasteiger partial charge on any atom is -0.369 e. The van der Waals surface area contributed by atoms with Gasteiger partial charge in [-0.05, 0) is 36.2 Å². The van der Waals surface area contributed by atoms with Gasteiger partial charge in [0.2, 0.25) is 0 Å². The fourth-order valence-electron chi connectivity index (χ4n) is 3.32. The maximum Gasteiger partial charge on any atom is 0.158 e. The van der Waals surface area contributed by atoms with Gasteiger partial charge in [0.05, 0.1) is 11.6 Å². The fraction of sp³-hybridized carbons (Fsp3) is 0.409. The molecule has 1 saturated heterocycles. The summed E-state index contributed by atoms with van der Waals surface area (Å²) in [4.78, 5) is 15.9. The first-order valence-electron chi connectivity index (χ1n) is 9.98. The number of hydrogen-bond donors (Lipinski definition) is 1. The molecule has 1 N–H and O–H groups in total. The topological polar surface area (TPSA) is 56.6 Å². The molecule has 0 bridgehead atoms. The normalized spacial score (nSPS) is 16.1. The van der Waals surface area contributed by atoms with E-state index in [0.717, 1.165) is 47.8 Å². The van der Waals surface area contributed by atoms with E-state index in [4.69, 9.17) is 0 Å². The number of thiophene rings is 1. The van der Waals surface area contributed by atoms with Crippen molar-refractivity contribution < 1.29 is 0 Å². The Balaban J connectivity index is 1.44. The zero-order valence-corrected chi connectivity index (χ0v) is 18.3. The van der Waals surface area contributed by atoms with Crippen LogP contribution in [0.2, 0.25) is 0 Å². The standard InChI is InChI=1S/C22H28N6S/c1-22(2,3)19-13-18-20(23-15-24-21(18)29-19)26-25-14-16-5-7-17(8-6-16)28-11-9-27(4)10-12-28/h5-8,13-15H,9-12H2,1-4H3,(H,23,24,26). The Kier molecular flexibility index (Phi) is 5.52. The molecule has 0 atom stereocenters. The van der Waals surface area contributed by atoms with Crippen LogP contribution in [0, 0.1) is 0 Å². The predicted octanol–water partition coefficient (Wildman–Crippen LogP) is 4.19. The van der Waals surface area contributed by atoms with Crippen molar-refractivity contribution in [2.24, 2.45) is 5.10 Å². The lowest BCUT2D eigenvalue weighted by molar-refractivity contribution is 0.313. The molecule has 4 rings (SSSR count). The molecule has 1 aliphatic rings. The SMILES string of the molecule is CN1CCN(c2ccc(C=NNc3ncnc4sc(C(C)(C)C)cc34)cc2)CC1. The number of aromatic nitrogens is 2. The second kappa shape index (κ2) is 8.08. The van der Waals surface area contributed by atoms with Gasteiger partial charge in [0.25, 0.3) is 0 Å². The molecular weight excluding hydrogens is 380 g/mol. The number of rotatable bonds is 4. The number of nitrogens with one attached hydrogen (secondary N) is 1. The fourth-order valence-corrected chi connectivity index (χ4v) is 4.37. The molecule has 2 aromatic heterocycles. The zero-order chi connectivity index (χ0) is 20.4. The summed E-state index contributed by atoms with van der Waals surface area (Å²) in [5, 5.41) is 5.42. The summed E-state index contributed by atoms with van der Waals surface area (Å²) in [5.41, 5.74) is 5.52. The van der Waals surface area contributed by atoms with Crippen molar-refractivity contribution in [2.45, 2.75) is 26.2 Å². The van der Waals surface area contributed by atoms with Gasteiger partial charge in [-0.2, -0.15) is 5.10 Å². The molecule has 3 aromatic rings. The molecule has 152 valence electrons. The van der Waals surface area contributed by atoms with E-state index in [1.165, 1.54) is 10.6 Å². The van der Waals surface area contributed by atoms with Crippen molar-refractivity contribution in [3.63, 3.8) is 0 Å². The Hall–Kier alpha value is -2.51. The average Bonchev–Trinajstić information content (AvgIpc) is 3.15. The lowest BCUT2D eigenvalue weighted by Gasteiger charge is -2.34. The number of hydrogen-bond acceptors (Lipinski definition) is 7. The number of piperazine rings is 1. The van der Waals surface area contributed by atoms with Gasteiger partial charge in [-0.25, -0.2) is 9.97 Å². The Morgan fingerprint density at radius 3 is 2.48 bits per heavy atom. The molecule has 0 spiro atoms. The second-order valence-corrected chi connectivity index (χ2v) is 9.58. The molecule has 1 fully saturated rings. The lowest BCUT2D eigenvalue weighted by Crippen LogP contribution is -2.44. The summed E-state index contributed by atoms with van der Waals surface area (Å²) in [5.74, 6) is 0.743. The number of benzene rings is 1. The van der Waals surface area contributed by atoms with E-state index in [-0.39, 0.29) is 5.41 Å². The Labute approximate surface area is 176 Å². The van der Waals surface area contributed by atoms with Crippen LogP contribution in [0.5, 0.6) is 0 Å². The van der Waals surface area contributed by atoms with Crippen molar-refractivity contribution in [3.8, 4) is 0 Å². The van der Waals surface area contributed by atoms with Gasteiger partial charge in [-0.1, -0.05) is 32.9 Å². The molecule has 3 heterocycles. The van der Waals surface area contributed by atoms with Crippen LogP contribution in [0.4, 0.5) is 11.5 Å². The molecular formula is C22H28N6S. The maximum atomic E-state index is 4.41. The van der Waals surface area contributed by atoms with Crippen molar-refractivity contribution >= 4 is 39.3 Å². The van der Waals surface area contributed by atoms with E-state index in [2.05, 4.69) is 88.4 Å². The monoisotopic (exact) mass is 408 g/mol. The highest BCUT2D eigenvalue weighted by Crippen LogP contribution is 2.35. The molecule has 1 aromatic carbocycles. The van der Waals surface area contributed by atoms with Gasteiger partial charge >= 0.3 is 0 Å². The lowest BCUT2D eigenvalue weighted by atomic mass is 9.94. The van der Waals surface area contributed by atoms with Gasteiger partial charge < -0.3 is 9.80 Å². The summed E-state index contributed by atoms with van der Waals surface area (Å²) < 4.78 is 0. The zero-order valence-electron chi connectivity index (χ0n) is 17.5. The smallest absolute Gasteiger partial charge is 0.158 e. The Morgan fingerprint density at radius 1 is 1.07 bits per heavy atom. The third-order valence-electron chi connectivity index (χ3n) is 5.21. The highest BCUT2D eigenvalue weighted by molar-refractivity contribution is 7.18. The van der Waals surface area contributed by atoms with Gasteiger partial charge in [0.1, 0.15) is 11.2 Å². The number of nitrogens with zero attached hydrogens (tertiary/aromatic N) is 5. The number of anilines is 2. The summed E-state index contributed by atoms with van der Waals surface area (Å²) in [7, 11) is 2.18. The molecule has 0 unspecified atom stereocenters. The molecule has 0 amide bonds. The van der Waals surface area contributed by atoms with Crippen LogP contribution in [-0.4, -0.2) is 54.3 Å². The first-order chi connectivity index (χ1) is 13.9. The van der Waals surface area contributed by atoms with Crippen molar-refractivity contribution in [3.05, 3.63) is 47.1 Å². The molecule has 1 aliphatic heterocycles. The van der Waals surface area contributed by atoms with Crippen LogP contribution in [0.3, 0.4) is 0 Å². The van der Waals surface area contributed by atoms with Gasteiger partial charge in [-0.15, -0.1) is 11.3 Å². The number of fused-ring (bicyclic) bond motifs is 1.